The van der Waals surface area contributed by atoms with Gasteiger partial charge in [0.05, 0.1) is 6.10 Å². The molecule has 2 heterocycles. The fourth-order valence-corrected chi connectivity index (χ4v) is 2.90. The zero-order valence-corrected chi connectivity index (χ0v) is 11.3. The zero-order chi connectivity index (χ0) is 11.9. The summed E-state index contributed by atoms with van der Waals surface area (Å²) in [5, 5.41) is 3.62. The maximum atomic E-state index is 5.63. The highest BCUT2D eigenvalue weighted by atomic mass is 16.5. The van der Waals surface area contributed by atoms with Crippen LogP contribution in [0.4, 0.5) is 0 Å². The summed E-state index contributed by atoms with van der Waals surface area (Å²) >= 11 is 0. The van der Waals surface area contributed by atoms with Crippen LogP contribution in [-0.2, 0) is 4.74 Å². The van der Waals surface area contributed by atoms with Crippen LogP contribution >= 0.6 is 0 Å². The number of hydrogen-bond donors (Lipinski definition) is 1. The van der Waals surface area contributed by atoms with Crippen LogP contribution < -0.4 is 5.32 Å². The third-order valence-corrected chi connectivity index (χ3v) is 4.17. The van der Waals surface area contributed by atoms with Crippen molar-refractivity contribution in [3.05, 3.63) is 0 Å². The van der Waals surface area contributed by atoms with Gasteiger partial charge in [-0.1, -0.05) is 0 Å². The van der Waals surface area contributed by atoms with Crippen LogP contribution in [0.1, 0.15) is 38.5 Å². The number of nitrogens with one attached hydrogen (secondary N) is 1. The molecule has 0 bridgehead atoms. The van der Waals surface area contributed by atoms with Crippen LogP contribution in [0.15, 0.2) is 0 Å². The van der Waals surface area contributed by atoms with Gasteiger partial charge in [0.15, 0.2) is 0 Å². The van der Waals surface area contributed by atoms with Crippen molar-refractivity contribution in [2.24, 2.45) is 5.92 Å². The van der Waals surface area contributed by atoms with E-state index in [9.17, 15) is 0 Å². The molecule has 0 aromatic carbocycles. The van der Waals surface area contributed by atoms with Crippen LogP contribution in [-0.4, -0.2) is 50.8 Å². The van der Waals surface area contributed by atoms with E-state index in [1.807, 2.05) is 0 Å². The van der Waals surface area contributed by atoms with Crippen molar-refractivity contribution in [2.75, 3.05) is 39.8 Å². The van der Waals surface area contributed by atoms with Gasteiger partial charge in [-0.3, -0.25) is 0 Å². The molecule has 2 fully saturated rings. The first-order valence-corrected chi connectivity index (χ1v) is 7.35. The lowest BCUT2D eigenvalue weighted by Gasteiger charge is -2.29. The molecule has 17 heavy (non-hydrogen) atoms. The second-order valence-electron chi connectivity index (χ2n) is 5.73. The quantitative estimate of drug-likeness (QED) is 0.717. The van der Waals surface area contributed by atoms with Gasteiger partial charge in [-0.25, -0.2) is 0 Å². The molecule has 1 unspecified atom stereocenters. The number of rotatable bonds is 6. The fourth-order valence-electron chi connectivity index (χ4n) is 2.90. The molecule has 0 spiro atoms. The van der Waals surface area contributed by atoms with Crippen molar-refractivity contribution >= 4 is 0 Å². The van der Waals surface area contributed by atoms with Gasteiger partial charge in [-0.05, 0) is 77.7 Å². The third-order valence-electron chi connectivity index (χ3n) is 4.17. The summed E-state index contributed by atoms with van der Waals surface area (Å²) in [4.78, 5) is 2.44. The van der Waals surface area contributed by atoms with Gasteiger partial charge in [-0.15, -0.1) is 0 Å². The lowest BCUT2D eigenvalue weighted by Crippen LogP contribution is -2.35. The summed E-state index contributed by atoms with van der Waals surface area (Å²) in [6, 6.07) is 0. The topological polar surface area (TPSA) is 24.5 Å². The Labute approximate surface area is 106 Å². The van der Waals surface area contributed by atoms with Crippen molar-refractivity contribution in [1.29, 1.82) is 0 Å². The van der Waals surface area contributed by atoms with Crippen LogP contribution in [0.5, 0.6) is 0 Å². The molecule has 2 aliphatic heterocycles. The molecule has 3 nitrogen and oxygen atoms in total. The highest BCUT2D eigenvalue weighted by Crippen LogP contribution is 2.17. The smallest absolute Gasteiger partial charge is 0.0576 e. The van der Waals surface area contributed by atoms with Gasteiger partial charge in [0.25, 0.3) is 0 Å². The molecule has 0 radical (unpaired) electrons. The molecule has 2 saturated heterocycles. The third kappa shape index (κ3) is 4.94. The Kier molecular flexibility index (Phi) is 5.75. The van der Waals surface area contributed by atoms with Crippen molar-refractivity contribution < 1.29 is 4.74 Å². The van der Waals surface area contributed by atoms with Gasteiger partial charge in [0.1, 0.15) is 0 Å². The minimum absolute atomic E-state index is 0.570. The monoisotopic (exact) mass is 240 g/mol. The first-order chi connectivity index (χ1) is 8.34. The molecule has 2 rings (SSSR count). The Morgan fingerprint density at radius 3 is 2.76 bits per heavy atom. The Bertz CT molecular complexity index is 196. The zero-order valence-electron chi connectivity index (χ0n) is 11.3. The normalized spacial score (nSPS) is 27.7. The average molecular weight is 240 g/mol. The molecule has 0 saturated carbocycles. The molecule has 1 N–H and O–H groups in total. The molecule has 0 aromatic rings. The van der Waals surface area contributed by atoms with Gasteiger partial charge in [0, 0.05) is 6.61 Å². The molecule has 100 valence electrons. The van der Waals surface area contributed by atoms with Gasteiger partial charge in [0.2, 0.25) is 0 Å². The first kappa shape index (κ1) is 13.3. The minimum atomic E-state index is 0.570. The van der Waals surface area contributed by atoms with Crippen molar-refractivity contribution in [3.8, 4) is 0 Å². The van der Waals surface area contributed by atoms with E-state index in [0.29, 0.717) is 6.10 Å². The minimum Gasteiger partial charge on any atom is -0.378 e. The predicted molar refractivity (Wildman–Crippen MR) is 71.3 cm³/mol. The maximum Gasteiger partial charge on any atom is 0.0576 e. The molecule has 1 atom stereocenters. The molecule has 0 aromatic heterocycles. The van der Waals surface area contributed by atoms with Gasteiger partial charge < -0.3 is 15.0 Å². The van der Waals surface area contributed by atoms with Crippen LogP contribution in [0, 0.1) is 5.92 Å². The number of likely N-dealkylation sites (tertiary alicyclic amines) is 1. The van der Waals surface area contributed by atoms with Gasteiger partial charge >= 0.3 is 0 Å². The predicted octanol–water partition coefficient (Wildman–Crippen LogP) is 1.88. The largest absolute Gasteiger partial charge is 0.378 e. The van der Waals surface area contributed by atoms with Crippen molar-refractivity contribution in [1.82, 2.24) is 10.2 Å². The molecular weight excluding hydrogens is 212 g/mol. The first-order valence-electron chi connectivity index (χ1n) is 7.35. The van der Waals surface area contributed by atoms with E-state index in [1.165, 1.54) is 64.7 Å². The van der Waals surface area contributed by atoms with Crippen LogP contribution in [0.3, 0.4) is 0 Å². The molecule has 3 heteroatoms. The van der Waals surface area contributed by atoms with E-state index in [2.05, 4.69) is 17.3 Å². The highest BCUT2D eigenvalue weighted by molar-refractivity contribution is 4.72. The molecule has 0 aliphatic carbocycles. The Morgan fingerprint density at radius 1 is 1.24 bits per heavy atom. The fraction of sp³-hybridized carbons (Fsp3) is 1.00. The van der Waals surface area contributed by atoms with Crippen LogP contribution in [0.25, 0.3) is 0 Å². The average Bonchev–Trinajstić information content (AvgIpc) is 2.84. The van der Waals surface area contributed by atoms with Gasteiger partial charge in [-0.2, -0.15) is 0 Å². The molecule has 2 aliphatic rings. The summed E-state index contributed by atoms with van der Waals surface area (Å²) in [6.07, 6.45) is 8.39. The maximum absolute atomic E-state index is 5.63. The highest BCUT2D eigenvalue weighted by Gasteiger charge is 2.16. The van der Waals surface area contributed by atoms with E-state index < -0.39 is 0 Å². The molecular formula is C14H28N2O. The van der Waals surface area contributed by atoms with Crippen LogP contribution in [0.2, 0.25) is 0 Å². The van der Waals surface area contributed by atoms with E-state index >= 15 is 0 Å². The second kappa shape index (κ2) is 7.34. The van der Waals surface area contributed by atoms with E-state index in [4.69, 9.17) is 4.74 Å². The summed E-state index contributed by atoms with van der Waals surface area (Å²) in [6.45, 7) is 5.95. The number of hydrogen-bond acceptors (Lipinski definition) is 3. The summed E-state index contributed by atoms with van der Waals surface area (Å²) < 4.78 is 5.63. The summed E-state index contributed by atoms with van der Waals surface area (Å²) in [5.41, 5.74) is 0. The summed E-state index contributed by atoms with van der Waals surface area (Å²) in [7, 11) is 2.23. The summed E-state index contributed by atoms with van der Waals surface area (Å²) in [5.74, 6) is 0.911. The second-order valence-corrected chi connectivity index (χ2v) is 5.73. The van der Waals surface area contributed by atoms with Crippen molar-refractivity contribution in [3.63, 3.8) is 0 Å². The molecule has 0 amide bonds. The SMILES string of the molecule is CN1CCC(CNCCCC2CCCO2)CC1. The Morgan fingerprint density at radius 2 is 2.06 bits per heavy atom. The number of piperidine rings is 1. The van der Waals surface area contributed by atoms with E-state index in [1.54, 1.807) is 0 Å². The van der Waals surface area contributed by atoms with E-state index in [0.717, 1.165) is 12.5 Å². The van der Waals surface area contributed by atoms with Crippen molar-refractivity contribution in [2.45, 2.75) is 44.6 Å². The Balaban J connectivity index is 1.43. The Hall–Kier alpha value is -0.120. The number of nitrogens with zero attached hydrogens (tertiary/aromatic N) is 1. The van der Waals surface area contributed by atoms with E-state index in [-0.39, 0.29) is 0 Å². The number of ether oxygens (including phenoxy) is 1. The lowest BCUT2D eigenvalue weighted by atomic mass is 9.97. The lowest BCUT2D eigenvalue weighted by molar-refractivity contribution is 0.102. The standard InChI is InChI=1S/C14H28N2O/c1-16-9-6-13(7-10-16)12-15-8-2-4-14-5-3-11-17-14/h13-15H,2-12H2,1H3.